The maximum Gasteiger partial charge on any atom is 0.227 e. The van der Waals surface area contributed by atoms with E-state index in [0.29, 0.717) is 11.7 Å². The lowest BCUT2D eigenvalue weighted by Gasteiger charge is -1.99. The molecular weight excluding hydrogens is 228 g/mol. The number of aryl methyl sites for hydroxylation is 3. The van der Waals surface area contributed by atoms with Crippen molar-refractivity contribution in [2.24, 2.45) is 0 Å². The fourth-order valence-electron chi connectivity index (χ4n) is 1.85. The second-order valence-electron chi connectivity index (χ2n) is 4.36. The second kappa shape index (κ2) is 5.73. The summed E-state index contributed by atoms with van der Waals surface area (Å²) in [6.45, 7) is 4.88. The molecule has 0 aliphatic heterocycles. The van der Waals surface area contributed by atoms with Crippen LogP contribution in [0.1, 0.15) is 23.7 Å². The maximum absolute atomic E-state index is 5.24. The van der Waals surface area contributed by atoms with Crippen LogP contribution in [-0.4, -0.2) is 28.7 Å². The van der Waals surface area contributed by atoms with Crippen molar-refractivity contribution in [2.75, 3.05) is 13.6 Å². The Bertz CT molecular complexity index is 501. The fourth-order valence-corrected chi connectivity index (χ4v) is 1.85. The minimum atomic E-state index is 0.642. The molecule has 18 heavy (non-hydrogen) atoms. The first-order valence-electron chi connectivity index (χ1n) is 6.12. The van der Waals surface area contributed by atoms with Crippen LogP contribution in [0.15, 0.2) is 16.7 Å². The Kier molecular flexibility index (Phi) is 4.04. The summed E-state index contributed by atoms with van der Waals surface area (Å²) in [5.41, 5.74) is 2.89. The average Bonchev–Trinajstić information content (AvgIpc) is 2.77. The van der Waals surface area contributed by atoms with Crippen molar-refractivity contribution in [3.63, 3.8) is 0 Å². The molecule has 5 nitrogen and oxygen atoms in total. The van der Waals surface area contributed by atoms with Crippen LogP contribution in [0.5, 0.6) is 0 Å². The molecule has 0 atom stereocenters. The van der Waals surface area contributed by atoms with Crippen LogP contribution < -0.4 is 5.32 Å². The summed E-state index contributed by atoms with van der Waals surface area (Å²) in [7, 11) is 1.93. The predicted molar refractivity (Wildman–Crippen MR) is 69.3 cm³/mol. The van der Waals surface area contributed by atoms with Crippen LogP contribution >= 0.6 is 0 Å². The van der Waals surface area contributed by atoms with Crippen molar-refractivity contribution >= 4 is 0 Å². The van der Waals surface area contributed by atoms with Gasteiger partial charge in [-0.25, -0.2) is 0 Å². The molecule has 2 rings (SSSR count). The number of hydrogen-bond acceptors (Lipinski definition) is 5. The Morgan fingerprint density at radius 1 is 1.17 bits per heavy atom. The van der Waals surface area contributed by atoms with E-state index in [9.17, 15) is 0 Å². The summed E-state index contributed by atoms with van der Waals surface area (Å²) >= 11 is 0. The van der Waals surface area contributed by atoms with Crippen molar-refractivity contribution in [2.45, 2.75) is 26.7 Å². The molecular formula is C13H18N4O. The van der Waals surface area contributed by atoms with Crippen LogP contribution in [0.25, 0.3) is 11.4 Å². The highest BCUT2D eigenvalue weighted by Crippen LogP contribution is 2.17. The third-order valence-electron chi connectivity index (χ3n) is 2.63. The Balaban J connectivity index is 2.13. The summed E-state index contributed by atoms with van der Waals surface area (Å²) in [5, 5.41) is 7.11. The van der Waals surface area contributed by atoms with Crippen LogP contribution in [0.2, 0.25) is 0 Å². The van der Waals surface area contributed by atoms with Gasteiger partial charge in [-0.15, -0.1) is 0 Å². The molecule has 0 saturated heterocycles. The largest absolute Gasteiger partial charge is 0.339 e. The Morgan fingerprint density at radius 3 is 2.56 bits per heavy atom. The van der Waals surface area contributed by atoms with Crippen LogP contribution in [0.3, 0.4) is 0 Å². The van der Waals surface area contributed by atoms with Crippen molar-refractivity contribution in [1.82, 2.24) is 20.4 Å². The molecule has 0 bridgehead atoms. The highest BCUT2D eigenvalue weighted by atomic mass is 16.5. The summed E-state index contributed by atoms with van der Waals surface area (Å²) < 4.78 is 5.24. The van der Waals surface area contributed by atoms with E-state index in [1.165, 1.54) is 0 Å². The average molecular weight is 246 g/mol. The minimum Gasteiger partial charge on any atom is -0.339 e. The maximum atomic E-state index is 5.24. The topological polar surface area (TPSA) is 63.8 Å². The molecule has 0 aliphatic carbocycles. The van der Waals surface area contributed by atoms with Gasteiger partial charge in [-0.2, -0.15) is 4.98 Å². The van der Waals surface area contributed by atoms with Gasteiger partial charge in [0, 0.05) is 23.4 Å². The molecule has 0 radical (unpaired) electrons. The molecule has 0 amide bonds. The van der Waals surface area contributed by atoms with Crippen LogP contribution in [-0.2, 0) is 6.42 Å². The van der Waals surface area contributed by atoms with E-state index in [1.54, 1.807) is 0 Å². The van der Waals surface area contributed by atoms with Gasteiger partial charge in [0.2, 0.25) is 11.7 Å². The fraction of sp³-hybridized carbons (Fsp3) is 0.462. The van der Waals surface area contributed by atoms with E-state index in [-0.39, 0.29) is 0 Å². The van der Waals surface area contributed by atoms with E-state index in [0.717, 1.165) is 36.3 Å². The molecule has 96 valence electrons. The van der Waals surface area contributed by atoms with Gasteiger partial charge in [0.15, 0.2) is 0 Å². The molecule has 0 fully saturated rings. The van der Waals surface area contributed by atoms with Gasteiger partial charge < -0.3 is 9.84 Å². The van der Waals surface area contributed by atoms with Gasteiger partial charge >= 0.3 is 0 Å². The van der Waals surface area contributed by atoms with E-state index in [2.05, 4.69) is 20.4 Å². The Hall–Kier alpha value is -1.75. The standard InChI is InChI=1S/C13H18N4O/c1-9-7-11(8-10(2)15-9)13-16-12(18-17-13)5-4-6-14-3/h7-8,14H,4-6H2,1-3H3. The lowest BCUT2D eigenvalue weighted by atomic mass is 10.2. The van der Waals surface area contributed by atoms with E-state index in [1.807, 2.05) is 33.0 Å². The molecule has 0 saturated carbocycles. The van der Waals surface area contributed by atoms with E-state index < -0.39 is 0 Å². The monoisotopic (exact) mass is 246 g/mol. The number of hydrogen-bond donors (Lipinski definition) is 1. The van der Waals surface area contributed by atoms with Crippen molar-refractivity contribution in [3.8, 4) is 11.4 Å². The summed E-state index contributed by atoms with van der Waals surface area (Å²) in [4.78, 5) is 8.73. The third-order valence-corrected chi connectivity index (χ3v) is 2.63. The number of nitrogens with one attached hydrogen (secondary N) is 1. The SMILES string of the molecule is CNCCCc1nc(-c2cc(C)nc(C)c2)no1. The summed E-state index contributed by atoms with van der Waals surface area (Å²) in [5.74, 6) is 1.33. The molecule has 5 heteroatoms. The first-order chi connectivity index (χ1) is 8.69. The smallest absolute Gasteiger partial charge is 0.227 e. The van der Waals surface area contributed by atoms with Gasteiger partial charge in [-0.3, -0.25) is 4.98 Å². The Morgan fingerprint density at radius 2 is 1.89 bits per heavy atom. The first kappa shape index (κ1) is 12.7. The van der Waals surface area contributed by atoms with Gasteiger partial charge in [-0.05, 0) is 46.0 Å². The zero-order chi connectivity index (χ0) is 13.0. The van der Waals surface area contributed by atoms with E-state index in [4.69, 9.17) is 4.52 Å². The number of rotatable bonds is 5. The minimum absolute atomic E-state index is 0.642. The summed E-state index contributed by atoms with van der Waals surface area (Å²) in [6.07, 6.45) is 1.80. The van der Waals surface area contributed by atoms with Gasteiger partial charge in [0.05, 0.1) is 0 Å². The van der Waals surface area contributed by atoms with Crippen molar-refractivity contribution < 1.29 is 4.52 Å². The highest BCUT2D eigenvalue weighted by Gasteiger charge is 2.09. The molecule has 0 aliphatic rings. The third kappa shape index (κ3) is 3.13. The van der Waals surface area contributed by atoms with E-state index >= 15 is 0 Å². The second-order valence-corrected chi connectivity index (χ2v) is 4.36. The normalized spacial score (nSPS) is 10.8. The predicted octanol–water partition coefficient (Wildman–Crippen LogP) is 1.90. The van der Waals surface area contributed by atoms with Gasteiger partial charge in [0.1, 0.15) is 0 Å². The van der Waals surface area contributed by atoms with Crippen molar-refractivity contribution in [1.29, 1.82) is 0 Å². The quantitative estimate of drug-likeness (QED) is 0.816. The van der Waals surface area contributed by atoms with Gasteiger partial charge in [-0.1, -0.05) is 5.16 Å². The molecule has 2 aromatic rings. The zero-order valence-corrected chi connectivity index (χ0v) is 11.0. The number of nitrogens with zero attached hydrogens (tertiary/aromatic N) is 3. The molecule has 2 heterocycles. The van der Waals surface area contributed by atoms with Crippen LogP contribution in [0, 0.1) is 13.8 Å². The zero-order valence-electron chi connectivity index (χ0n) is 11.0. The van der Waals surface area contributed by atoms with Crippen molar-refractivity contribution in [3.05, 3.63) is 29.4 Å². The van der Waals surface area contributed by atoms with Gasteiger partial charge in [0.25, 0.3) is 0 Å². The first-order valence-corrected chi connectivity index (χ1v) is 6.12. The molecule has 0 spiro atoms. The molecule has 2 aromatic heterocycles. The molecule has 0 aromatic carbocycles. The highest BCUT2D eigenvalue weighted by molar-refractivity contribution is 5.55. The lowest BCUT2D eigenvalue weighted by Crippen LogP contribution is -2.08. The number of pyridine rings is 1. The van der Waals surface area contributed by atoms with Crippen LogP contribution in [0.4, 0.5) is 0 Å². The lowest BCUT2D eigenvalue weighted by molar-refractivity contribution is 0.375. The number of aromatic nitrogens is 3. The molecule has 0 unspecified atom stereocenters. The molecule has 1 N–H and O–H groups in total. The summed E-state index contributed by atoms with van der Waals surface area (Å²) in [6, 6.07) is 3.93. The Labute approximate surface area is 107 Å².